The van der Waals surface area contributed by atoms with Gasteiger partial charge in [0.25, 0.3) is 0 Å². The van der Waals surface area contributed by atoms with E-state index >= 15 is 0 Å². The summed E-state index contributed by atoms with van der Waals surface area (Å²) in [7, 11) is 0. The minimum absolute atomic E-state index is 0.165. The molecule has 3 heteroatoms. The molecule has 17 heavy (non-hydrogen) atoms. The lowest BCUT2D eigenvalue weighted by Crippen LogP contribution is -2.15. The summed E-state index contributed by atoms with van der Waals surface area (Å²) in [6.45, 7) is 0. The molecule has 1 fully saturated rings. The number of hydrogen-bond donors (Lipinski definition) is 1. The molecule has 0 unspecified atom stereocenters. The Balaban J connectivity index is 1.92. The molecule has 0 aliphatic heterocycles. The van der Waals surface area contributed by atoms with Crippen molar-refractivity contribution in [3.8, 4) is 0 Å². The van der Waals surface area contributed by atoms with Crippen LogP contribution in [0.15, 0.2) is 29.2 Å². The zero-order valence-electron chi connectivity index (χ0n) is 10.2. The third-order valence-corrected chi connectivity index (χ3v) is 4.13. The summed E-state index contributed by atoms with van der Waals surface area (Å²) in [5.74, 6) is 0.773. The van der Waals surface area contributed by atoms with Crippen LogP contribution in [0.2, 0.25) is 0 Å². The van der Waals surface area contributed by atoms with Gasteiger partial charge in [-0.2, -0.15) is 0 Å². The van der Waals surface area contributed by atoms with Crippen LogP contribution in [0.4, 0.5) is 5.69 Å². The van der Waals surface area contributed by atoms with Gasteiger partial charge in [0.2, 0.25) is 5.91 Å². The highest BCUT2D eigenvalue weighted by Crippen LogP contribution is 2.29. The summed E-state index contributed by atoms with van der Waals surface area (Å²) in [6, 6.07) is 7.97. The van der Waals surface area contributed by atoms with Gasteiger partial charge in [-0.05, 0) is 37.1 Å². The van der Waals surface area contributed by atoms with E-state index in [0.29, 0.717) is 12.3 Å². The topological polar surface area (TPSA) is 29.1 Å². The average molecular weight is 249 g/mol. The van der Waals surface area contributed by atoms with Crippen LogP contribution in [0.5, 0.6) is 0 Å². The van der Waals surface area contributed by atoms with E-state index in [2.05, 4.69) is 5.32 Å². The second-order valence-electron chi connectivity index (χ2n) is 4.60. The first-order valence-corrected chi connectivity index (χ1v) is 7.45. The maximum atomic E-state index is 11.9. The lowest BCUT2D eigenvalue weighted by Gasteiger charge is -2.11. The quantitative estimate of drug-likeness (QED) is 0.819. The number of carbonyl (C=O) groups is 1. The molecule has 1 aromatic carbocycles. The summed E-state index contributed by atoms with van der Waals surface area (Å²) in [5.41, 5.74) is 0.947. The second kappa shape index (κ2) is 6.10. The fraction of sp³-hybridized carbons (Fsp3) is 0.500. The number of hydrogen-bond acceptors (Lipinski definition) is 2. The molecule has 0 saturated heterocycles. The summed E-state index contributed by atoms with van der Waals surface area (Å²) in [4.78, 5) is 13.0. The molecule has 1 aromatic rings. The van der Waals surface area contributed by atoms with Gasteiger partial charge in [0, 0.05) is 11.3 Å². The van der Waals surface area contributed by atoms with Gasteiger partial charge >= 0.3 is 0 Å². The van der Waals surface area contributed by atoms with E-state index in [0.717, 1.165) is 10.6 Å². The fourth-order valence-corrected chi connectivity index (χ4v) is 2.98. The average Bonchev–Trinajstić information content (AvgIpc) is 2.82. The Labute approximate surface area is 107 Å². The number of anilines is 1. The van der Waals surface area contributed by atoms with Crippen LogP contribution in [0.3, 0.4) is 0 Å². The number of para-hydroxylation sites is 1. The van der Waals surface area contributed by atoms with Crippen LogP contribution >= 0.6 is 11.8 Å². The van der Waals surface area contributed by atoms with Crippen LogP contribution in [0.1, 0.15) is 32.1 Å². The number of thioether (sulfide) groups is 1. The van der Waals surface area contributed by atoms with E-state index < -0.39 is 0 Å². The van der Waals surface area contributed by atoms with Gasteiger partial charge < -0.3 is 5.32 Å². The summed E-state index contributed by atoms with van der Waals surface area (Å²) < 4.78 is 0. The third kappa shape index (κ3) is 3.50. The Morgan fingerprint density at radius 3 is 2.76 bits per heavy atom. The number of carbonyl (C=O) groups excluding carboxylic acids is 1. The van der Waals surface area contributed by atoms with Crippen LogP contribution in [-0.2, 0) is 4.79 Å². The smallest absolute Gasteiger partial charge is 0.224 e. The molecular formula is C14H19NOS. The molecule has 1 saturated carbocycles. The highest BCUT2D eigenvalue weighted by Gasteiger charge is 2.18. The first-order valence-electron chi connectivity index (χ1n) is 6.22. The van der Waals surface area contributed by atoms with Gasteiger partial charge in [-0.15, -0.1) is 11.8 Å². The van der Waals surface area contributed by atoms with Crippen molar-refractivity contribution in [2.24, 2.45) is 5.92 Å². The molecule has 0 aromatic heterocycles. The predicted molar refractivity (Wildman–Crippen MR) is 73.4 cm³/mol. The maximum absolute atomic E-state index is 11.9. The van der Waals surface area contributed by atoms with Gasteiger partial charge in [0.1, 0.15) is 0 Å². The van der Waals surface area contributed by atoms with E-state index in [1.165, 1.54) is 25.7 Å². The Morgan fingerprint density at radius 2 is 2.06 bits per heavy atom. The van der Waals surface area contributed by atoms with Crippen molar-refractivity contribution in [1.82, 2.24) is 0 Å². The molecule has 2 nitrogen and oxygen atoms in total. The molecule has 92 valence electrons. The van der Waals surface area contributed by atoms with Gasteiger partial charge in [-0.1, -0.05) is 25.0 Å². The zero-order chi connectivity index (χ0) is 12.1. The summed E-state index contributed by atoms with van der Waals surface area (Å²) in [6.07, 6.45) is 7.73. The van der Waals surface area contributed by atoms with Crippen LogP contribution in [-0.4, -0.2) is 12.2 Å². The lowest BCUT2D eigenvalue weighted by atomic mass is 10.0. The Hall–Kier alpha value is -0.960. The minimum atomic E-state index is 0.165. The molecule has 1 aliphatic carbocycles. The monoisotopic (exact) mass is 249 g/mol. The standard InChI is InChI=1S/C14H19NOS/c1-17-13-9-5-4-8-12(13)15-14(16)10-11-6-2-3-7-11/h4-5,8-9,11H,2-3,6-7,10H2,1H3,(H,15,16). The van der Waals surface area contributed by atoms with Crippen molar-refractivity contribution in [3.63, 3.8) is 0 Å². The van der Waals surface area contributed by atoms with Crippen molar-refractivity contribution in [1.29, 1.82) is 0 Å². The summed E-state index contributed by atoms with van der Waals surface area (Å²) >= 11 is 1.67. The van der Waals surface area contributed by atoms with Crippen molar-refractivity contribution in [3.05, 3.63) is 24.3 Å². The predicted octanol–water partition coefficient (Wildman–Crippen LogP) is 3.93. The Morgan fingerprint density at radius 1 is 1.35 bits per heavy atom. The van der Waals surface area contributed by atoms with Crippen molar-refractivity contribution in [2.75, 3.05) is 11.6 Å². The molecule has 1 amide bonds. The molecule has 1 N–H and O–H groups in total. The lowest BCUT2D eigenvalue weighted by molar-refractivity contribution is -0.117. The largest absolute Gasteiger partial charge is 0.325 e. The molecular weight excluding hydrogens is 230 g/mol. The van der Waals surface area contributed by atoms with Gasteiger partial charge in [-0.25, -0.2) is 0 Å². The fourth-order valence-electron chi connectivity index (χ4n) is 2.43. The molecule has 0 bridgehead atoms. The first-order chi connectivity index (χ1) is 8.29. The number of benzene rings is 1. The van der Waals surface area contributed by atoms with Gasteiger partial charge in [0.05, 0.1) is 5.69 Å². The minimum Gasteiger partial charge on any atom is -0.325 e. The highest BCUT2D eigenvalue weighted by atomic mass is 32.2. The molecule has 0 radical (unpaired) electrons. The molecule has 1 aliphatic rings. The van der Waals surface area contributed by atoms with Crippen LogP contribution in [0, 0.1) is 5.92 Å². The number of rotatable bonds is 4. The molecule has 0 spiro atoms. The van der Waals surface area contributed by atoms with E-state index in [4.69, 9.17) is 0 Å². The number of nitrogens with one attached hydrogen (secondary N) is 1. The van der Waals surface area contributed by atoms with E-state index in [1.54, 1.807) is 11.8 Å². The van der Waals surface area contributed by atoms with Crippen LogP contribution < -0.4 is 5.32 Å². The number of amides is 1. The molecule has 2 rings (SSSR count). The van der Waals surface area contributed by atoms with E-state index in [-0.39, 0.29) is 5.91 Å². The SMILES string of the molecule is CSc1ccccc1NC(=O)CC1CCCC1. The van der Waals surface area contributed by atoms with Crippen molar-refractivity contribution < 1.29 is 4.79 Å². The third-order valence-electron chi connectivity index (χ3n) is 3.33. The van der Waals surface area contributed by atoms with Crippen molar-refractivity contribution >= 4 is 23.4 Å². The summed E-state index contributed by atoms with van der Waals surface area (Å²) in [5, 5.41) is 3.03. The highest BCUT2D eigenvalue weighted by molar-refractivity contribution is 7.98. The normalized spacial score (nSPS) is 16.1. The molecule has 0 atom stereocenters. The first kappa shape index (κ1) is 12.5. The Bertz CT molecular complexity index is 386. The van der Waals surface area contributed by atoms with Gasteiger partial charge in [-0.3, -0.25) is 4.79 Å². The zero-order valence-corrected chi connectivity index (χ0v) is 11.1. The van der Waals surface area contributed by atoms with Gasteiger partial charge in [0.15, 0.2) is 0 Å². The van der Waals surface area contributed by atoms with E-state index in [9.17, 15) is 4.79 Å². The Kier molecular flexibility index (Phi) is 4.49. The van der Waals surface area contributed by atoms with E-state index in [1.807, 2.05) is 30.5 Å². The molecule has 0 heterocycles. The maximum Gasteiger partial charge on any atom is 0.224 e. The van der Waals surface area contributed by atoms with Crippen molar-refractivity contribution in [2.45, 2.75) is 37.0 Å². The van der Waals surface area contributed by atoms with Crippen LogP contribution in [0.25, 0.3) is 0 Å². The second-order valence-corrected chi connectivity index (χ2v) is 5.45.